The average Bonchev–Trinajstić information content (AvgIpc) is 2.24. The van der Waals surface area contributed by atoms with Gasteiger partial charge in [0, 0.05) is 6.04 Å². The van der Waals surface area contributed by atoms with Crippen molar-refractivity contribution in [2.24, 2.45) is 5.92 Å². The molecular formula is C12H23F3N2. The van der Waals surface area contributed by atoms with Gasteiger partial charge in [-0.15, -0.1) is 0 Å². The first-order valence-corrected chi connectivity index (χ1v) is 6.40. The van der Waals surface area contributed by atoms with Gasteiger partial charge in [0.2, 0.25) is 0 Å². The van der Waals surface area contributed by atoms with Gasteiger partial charge in [-0.25, -0.2) is 0 Å². The zero-order valence-corrected chi connectivity index (χ0v) is 10.7. The van der Waals surface area contributed by atoms with Crippen molar-refractivity contribution in [3.05, 3.63) is 0 Å². The summed E-state index contributed by atoms with van der Waals surface area (Å²) in [5.41, 5.74) is 0. The highest BCUT2D eigenvalue weighted by molar-refractivity contribution is 4.73. The summed E-state index contributed by atoms with van der Waals surface area (Å²) in [6.45, 7) is 5.44. The van der Waals surface area contributed by atoms with Crippen molar-refractivity contribution in [2.75, 3.05) is 26.2 Å². The molecule has 1 heterocycles. The Balaban J connectivity index is 2.33. The molecule has 0 saturated carbocycles. The minimum Gasteiger partial charge on any atom is -0.317 e. The Morgan fingerprint density at radius 2 is 1.82 bits per heavy atom. The Morgan fingerprint density at radius 1 is 1.24 bits per heavy atom. The first-order chi connectivity index (χ1) is 7.88. The van der Waals surface area contributed by atoms with Gasteiger partial charge in [-0.2, -0.15) is 13.2 Å². The normalized spacial score (nSPS) is 19.2. The van der Waals surface area contributed by atoms with Gasteiger partial charge < -0.3 is 5.32 Å². The van der Waals surface area contributed by atoms with Gasteiger partial charge in [0.15, 0.2) is 0 Å². The van der Waals surface area contributed by atoms with Crippen LogP contribution in [0.25, 0.3) is 0 Å². The largest absolute Gasteiger partial charge is 0.401 e. The quantitative estimate of drug-likeness (QED) is 0.809. The molecule has 2 nitrogen and oxygen atoms in total. The van der Waals surface area contributed by atoms with Gasteiger partial charge in [0.1, 0.15) is 0 Å². The topological polar surface area (TPSA) is 15.3 Å². The molecule has 0 bridgehead atoms. The Labute approximate surface area is 102 Å². The van der Waals surface area contributed by atoms with Crippen LogP contribution in [0.15, 0.2) is 0 Å². The standard InChI is InChI=1S/C12H23F3N2/c1-10(2)17(9-12(13,14)15)8-5-11-3-6-16-7-4-11/h10-11,16H,3-9H2,1-2H3. The predicted octanol–water partition coefficient (Wildman–Crippen LogP) is 2.65. The molecule has 1 saturated heterocycles. The lowest BCUT2D eigenvalue weighted by atomic mass is 9.94. The second kappa shape index (κ2) is 6.59. The molecule has 1 rings (SSSR count). The summed E-state index contributed by atoms with van der Waals surface area (Å²) in [6, 6.07) is -0.0432. The van der Waals surface area contributed by atoms with Crippen molar-refractivity contribution in [3.8, 4) is 0 Å². The summed E-state index contributed by atoms with van der Waals surface area (Å²) in [4.78, 5) is 1.53. The molecule has 1 N–H and O–H groups in total. The number of hydrogen-bond acceptors (Lipinski definition) is 2. The van der Waals surface area contributed by atoms with E-state index in [4.69, 9.17) is 0 Å². The molecule has 1 fully saturated rings. The highest BCUT2D eigenvalue weighted by atomic mass is 19.4. The third kappa shape index (κ3) is 6.27. The minimum atomic E-state index is -4.08. The fourth-order valence-electron chi connectivity index (χ4n) is 2.27. The summed E-state index contributed by atoms with van der Waals surface area (Å²) in [6.07, 6.45) is -1.01. The number of halogens is 3. The monoisotopic (exact) mass is 252 g/mol. The maximum absolute atomic E-state index is 12.4. The van der Waals surface area contributed by atoms with E-state index in [0.717, 1.165) is 32.4 Å². The lowest BCUT2D eigenvalue weighted by Gasteiger charge is -2.30. The van der Waals surface area contributed by atoms with E-state index in [1.807, 2.05) is 13.8 Å². The molecule has 0 aliphatic carbocycles. The maximum atomic E-state index is 12.4. The minimum absolute atomic E-state index is 0.0432. The van der Waals surface area contributed by atoms with Crippen LogP contribution in [-0.4, -0.2) is 43.3 Å². The van der Waals surface area contributed by atoms with Crippen molar-refractivity contribution in [3.63, 3.8) is 0 Å². The Hall–Kier alpha value is -0.290. The Bertz CT molecular complexity index is 210. The highest BCUT2D eigenvalue weighted by Crippen LogP contribution is 2.21. The van der Waals surface area contributed by atoms with E-state index in [9.17, 15) is 13.2 Å². The zero-order valence-electron chi connectivity index (χ0n) is 10.7. The van der Waals surface area contributed by atoms with Gasteiger partial charge in [0.25, 0.3) is 0 Å². The first kappa shape index (κ1) is 14.8. The molecule has 1 aliphatic rings. The average molecular weight is 252 g/mol. The van der Waals surface area contributed by atoms with E-state index in [1.165, 1.54) is 4.90 Å². The number of nitrogens with one attached hydrogen (secondary N) is 1. The second-order valence-electron chi connectivity index (χ2n) is 5.16. The SMILES string of the molecule is CC(C)N(CCC1CCNCC1)CC(F)(F)F. The summed E-state index contributed by atoms with van der Waals surface area (Å²) in [5, 5.41) is 3.27. The number of piperidine rings is 1. The van der Waals surface area contributed by atoms with Crippen LogP contribution in [0.5, 0.6) is 0 Å². The van der Waals surface area contributed by atoms with E-state index in [0.29, 0.717) is 12.5 Å². The third-order valence-electron chi connectivity index (χ3n) is 3.40. The highest BCUT2D eigenvalue weighted by Gasteiger charge is 2.31. The molecule has 0 radical (unpaired) electrons. The number of hydrogen-bond donors (Lipinski definition) is 1. The van der Waals surface area contributed by atoms with Crippen molar-refractivity contribution in [1.82, 2.24) is 10.2 Å². The maximum Gasteiger partial charge on any atom is 0.401 e. The van der Waals surface area contributed by atoms with E-state index in [2.05, 4.69) is 5.32 Å². The van der Waals surface area contributed by atoms with Crippen molar-refractivity contribution < 1.29 is 13.2 Å². The van der Waals surface area contributed by atoms with Gasteiger partial charge in [-0.3, -0.25) is 4.90 Å². The molecule has 0 spiro atoms. The van der Waals surface area contributed by atoms with Crippen LogP contribution in [-0.2, 0) is 0 Å². The van der Waals surface area contributed by atoms with E-state index in [-0.39, 0.29) is 6.04 Å². The summed E-state index contributed by atoms with van der Waals surface area (Å²) in [7, 11) is 0. The van der Waals surface area contributed by atoms with Gasteiger partial charge >= 0.3 is 6.18 Å². The van der Waals surface area contributed by atoms with Crippen molar-refractivity contribution >= 4 is 0 Å². The van der Waals surface area contributed by atoms with Gasteiger partial charge in [-0.1, -0.05) is 0 Å². The first-order valence-electron chi connectivity index (χ1n) is 6.40. The lowest BCUT2D eigenvalue weighted by molar-refractivity contribution is -0.150. The zero-order chi connectivity index (χ0) is 12.9. The van der Waals surface area contributed by atoms with E-state index in [1.54, 1.807) is 0 Å². The van der Waals surface area contributed by atoms with Crippen LogP contribution < -0.4 is 5.32 Å². The van der Waals surface area contributed by atoms with Crippen LogP contribution in [0.4, 0.5) is 13.2 Å². The molecule has 1 aliphatic heterocycles. The number of nitrogens with zero attached hydrogens (tertiary/aromatic N) is 1. The molecule has 0 atom stereocenters. The molecule has 0 unspecified atom stereocenters. The fourth-order valence-corrected chi connectivity index (χ4v) is 2.27. The Morgan fingerprint density at radius 3 is 2.29 bits per heavy atom. The van der Waals surface area contributed by atoms with Crippen LogP contribution in [0, 0.1) is 5.92 Å². The molecular weight excluding hydrogens is 229 g/mol. The van der Waals surface area contributed by atoms with Crippen LogP contribution in [0.1, 0.15) is 33.1 Å². The van der Waals surface area contributed by atoms with Crippen molar-refractivity contribution in [2.45, 2.75) is 45.3 Å². The Kier molecular flexibility index (Phi) is 5.73. The van der Waals surface area contributed by atoms with Crippen LogP contribution >= 0.6 is 0 Å². The van der Waals surface area contributed by atoms with Gasteiger partial charge in [0.05, 0.1) is 6.54 Å². The second-order valence-corrected chi connectivity index (χ2v) is 5.16. The lowest BCUT2D eigenvalue weighted by Crippen LogP contribution is -2.40. The predicted molar refractivity (Wildman–Crippen MR) is 63.0 cm³/mol. The number of alkyl halides is 3. The van der Waals surface area contributed by atoms with E-state index >= 15 is 0 Å². The molecule has 0 aromatic carbocycles. The molecule has 0 aromatic rings. The molecule has 0 aromatic heterocycles. The summed E-state index contributed by atoms with van der Waals surface area (Å²) < 4.78 is 37.1. The molecule has 102 valence electrons. The fraction of sp³-hybridized carbons (Fsp3) is 1.00. The van der Waals surface area contributed by atoms with Crippen LogP contribution in [0.2, 0.25) is 0 Å². The summed E-state index contributed by atoms with van der Waals surface area (Å²) >= 11 is 0. The smallest absolute Gasteiger partial charge is 0.317 e. The van der Waals surface area contributed by atoms with Crippen molar-refractivity contribution in [1.29, 1.82) is 0 Å². The molecule has 17 heavy (non-hydrogen) atoms. The van der Waals surface area contributed by atoms with E-state index < -0.39 is 12.7 Å². The third-order valence-corrected chi connectivity index (χ3v) is 3.40. The molecule has 5 heteroatoms. The molecule has 0 amide bonds. The summed E-state index contributed by atoms with van der Waals surface area (Å²) in [5.74, 6) is 0.589. The van der Waals surface area contributed by atoms with Gasteiger partial charge in [-0.05, 0) is 58.7 Å². The number of rotatable bonds is 5. The van der Waals surface area contributed by atoms with Crippen LogP contribution in [0.3, 0.4) is 0 Å².